The van der Waals surface area contributed by atoms with Crippen LogP contribution >= 0.6 is 0 Å². The van der Waals surface area contributed by atoms with Gasteiger partial charge in [0.05, 0.1) is 0 Å². The van der Waals surface area contributed by atoms with Gasteiger partial charge in [0.1, 0.15) is 12.4 Å². The smallest absolute Gasteiger partial charge is 0.156 e. The van der Waals surface area contributed by atoms with Crippen LogP contribution in [0.1, 0.15) is 18.4 Å². The zero-order valence-electron chi connectivity index (χ0n) is 8.49. The van der Waals surface area contributed by atoms with Crippen LogP contribution in [0.4, 0.5) is 5.82 Å². The van der Waals surface area contributed by atoms with E-state index in [4.69, 9.17) is 5.11 Å². The van der Waals surface area contributed by atoms with E-state index in [9.17, 15) is 0 Å². The summed E-state index contributed by atoms with van der Waals surface area (Å²) >= 11 is 0. The molecule has 76 valence electrons. The van der Waals surface area contributed by atoms with Gasteiger partial charge in [0, 0.05) is 17.8 Å². The summed E-state index contributed by atoms with van der Waals surface area (Å²) in [7, 11) is 0. The first-order chi connectivity index (χ1) is 6.65. The van der Waals surface area contributed by atoms with E-state index in [1.807, 2.05) is 19.9 Å². The van der Waals surface area contributed by atoms with Crippen LogP contribution in [0, 0.1) is 6.92 Å². The average Bonchev–Trinajstić information content (AvgIpc) is 2.16. The van der Waals surface area contributed by atoms with Gasteiger partial charge >= 0.3 is 0 Å². The number of aromatic nitrogens is 2. The normalized spacial score (nSPS) is 12.2. The van der Waals surface area contributed by atoms with Crippen LogP contribution in [0.5, 0.6) is 0 Å². The molecule has 4 nitrogen and oxygen atoms in total. The summed E-state index contributed by atoms with van der Waals surface area (Å²) in [5.41, 5.74) is 0.836. The third-order valence-corrected chi connectivity index (χ3v) is 1.77. The molecule has 1 aromatic rings. The molecule has 0 aliphatic heterocycles. The van der Waals surface area contributed by atoms with Gasteiger partial charge in [-0.05, 0) is 13.8 Å². The highest BCUT2D eigenvalue weighted by Gasteiger charge is 2.02. The molecule has 0 bridgehead atoms. The van der Waals surface area contributed by atoms with Crippen molar-refractivity contribution in [2.75, 3.05) is 5.32 Å². The fourth-order valence-corrected chi connectivity index (χ4v) is 1.07. The first kappa shape index (κ1) is 10.7. The number of aryl methyl sites for hydroxylation is 1. The third kappa shape index (κ3) is 2.81. The van der Waals surface area contributed by atoms with Gasteiger partial charge in [-0.25, -0.2) is 9.97 Å². The van der Waals surface area contributed by atoms with Crippen molar-refractivity contribution < 1.29 is 5.11 Å². The summed E-state index contributed by atoms with van der Waals surface area (Å²) < 4.78 is 0. The Kier molecular flexibility index (Phi) is 3.59. The SMILES string of the molecule is C=CC(C)Nc1cc(C)nc(CO)n1. The van der Waals surface area contributed by atoms with E-state index in [-0.39, 0.29) is 12.6 Å². The van der Waals surface area contributed by atoms with Gasteiger partial charge in [-0.1, -0.05) is 6.08 Å². The van der Waals surface area contributed by atoms with E-state index in [0.29, 0.717) is 11.6 Å². The Morgan fingerprint density at radius 1 is 1.64 bits per heavy atom. The molecule has 1 heterocycles. The lowest BCUT2D eigenvalue weighted by molar-refractivity contribution is 0.271. The van der Waals surface area contributed by atoms with Gasteiger partial charge in [0.25, 0.3) is 0 Å². The van der Waals surface area contributed by atoms with Crippen LogP contribution in [-0.2, 0) is 6.61 Å². The molecule has 1 rings (SSSR count). The topological polar surface area (TPSA) is 58.0 Å². The lowest BCUT2D eigenvalue weighted by Gasteiger charge is -2.10. The van der Waals surface area contributed by atoms with Gasteiger partial charge in [0.2, 0.25) is 0 Å². The van der Waals surface area contributed by atoms with Crippen molar-refractivity contribution in [1.29, 1.82) is 0 Å². The highest BCUT2D eigenvalue weighted by molar-refractivity contribution is 5.37. The number of hydrogen-bond donors (Lipinski definition) is 2. The van der Waals surface area contributed by atoms with Crippen molar-refractivity contribution >= 4 is 5.82 Å². The van der Waals surface area contributed by atoms with Crippen LogP contribution in [0.3, 0.4) is 0 Å². The molecule has 2 N–H and O–H groups in total. The number of nitrogens with zero attached hydrogens (tertiary/aromatic N) is 2. The maximum absolute atomic E-state index is 8.90. The van der Waals surface area contributed by atoms with Crippen molar-refractivity contribution in [2.45, 2.75) is 26.5 Å². The largest absolute Gasteiger partial charge is 0.388 e. The zero-order valence-corrected chi connectivity index (χ0v) is 8.49. The molecule has 4 heteroatoms. The van der Waals surface area contributed by atoms with Gasteiger partial charge in [-0.3, -0.25) is 0 Å². The molecular formula is C10H15N3O. The molecule has 0 spiro atoms. The van der Waals surface area contributed by atoms with E-state index < -0.39 is 0 Å². The second-order valence-corrected chi connectivity index (χ2v) is 3.14. The number of aliphatic hydroxyl groups is 1. The predicted molar refractivity (Wildman–Crippen MR) is 56.0 cm³/mol. The van der Waals surface area contributed by atoms with Crippen molar-refractivity contribution in [3.8, 4) is 0 Å². The summed E-state index contributed by atoms with van der Waals surface area (Å²) in [4.78, 5) is 8.18. The molecular weight excluding hydrogens is 178 g/mol. The summed E-state index contributed by atoms with van der Waals surface area (Å²) in [6.07, 6.45) is 1.79. The van der Waals surface area contributed by atoms with Crippen molar-refractivity contribution in [1.82, 2.24) is 9.97 Å². The number of aliphatic hydroxyl groups excluding tert-OH is 1. The molecule has 0 saturated carbocycles. The molecule has 0 fully saturated rings. The molecule has 1 atom stereocenters. The molecule has 1 aromatic heterocycles. The second kappa shape index (κ2) is 4.72. The monoisotopic (exact) mass is 193 g/mol. The first-order valence-electron chi connectivity index (χ1n) is 4.50. The number of hydrogen-bond acceptors (Lipinski definition) is 4. The minimum absolute atomic E-state index is 0.140. The lowest BCUT2D eigenvalue weighted by atomic mass is 10.3. The summed E-state index contributed by atoms with van der Waals surface area (Å²) in [6, 6.07) is 1.98. The molecule has 0 aliphatic carbocycles. The number of rotatable bonds is 4. The van der Waals surface area contributed by atoms with Crippen LogP contribution in [0.15, 0.2) is 18.7 Å². The number of nitrogens with one attached hydrogen (secondary N) is 1. The quantitative estimate of drug-likeness (QED) is 0.707. The maximum Gasteiger partial charge on any atom is 0.156 e. The summed E-state index contributed by atoms with van der Waals surface area (Å²) in [5, 5.41) is 12.0. The molecule has 1 unspecified atom stereocenters. The second-order valence-electron chi connectivity index (χ2n) is 3.14. The Balaban J connectivity index is 2.86. The minimum Gasteiger partial charge on any atom is -0.388 e. The highest BCUT2D eigenvalue weighted by atomic mass is 16.3. The van der Waals surface area contributed by atoms with E-state index in [1.165, 1.54) is 0 Å². The molecule has 0 amide bonds. The van der Waals surface area contributed by atoms with Gasteiger partial charge in [0.15, 0.2) is 5.82 Å². The van der Waals surface area contributed by atoms with Crippen LogP contribution < -0.4 is 5.32 Å². The van der Waals surface area contributed by atoms with Gasteiger partial charge in [-0.15, -0.1) is 6.58 Å². The lowest BCUT2D eigenvalue weighted by Crippen LogP contribution is -2.13. The standard InChI is InChI=1S/C10H15N3O/c1-4-7(2)11-9-5-8(3)12-10(6-14)13-9/h4-5,7,14H,1,6H2,2-3H3,(H,11,12,13). The van der Waals surface area contributed by atoms with Crippen molar-refractivity contribution in [3.05, 3.63) is 30.2 Å². The van der Waals surface area contributed by atoms with E-state index >= 15 is 0 Å². The van der Waals surface area contributed by atoms with E-state index in [0.717, 1.165) is 5.69 Å². The number of anilines is 1. The van der Waals surface area contributed by atoms with Crippen LogP contribution in [0.25, 0.3) is 0 Å². The fraction of sp³-hybridized carbons (Fsp3) is 0.400. The Labute approximate surface area is 83.7 Å². The third-order valence-electron chi connectivity index (χ3n) is 1.77. The Morgan fingerprint density at radius 2 is 2.36 bits per heavy atom. The Bertz CT molecular complexity index is 325. The van der Waals surface area contributed by atoms with Crippen LogP contribution in [0.2, 0.25) is 0 Å². The molecule has 0 aliphatic rings. The summed E-state index contributed by atoms with van der Waals surface area (Å²) in [6.45, 7) is 7.37. The predicted octanol–water partition coefficient (Wildman–Crippen LogP) is 1.26. The highest BCUT2D eigenvalue weighted by Crippen LogP contribution is 2.07. The van der Waals surface area contributed by atoms with Gasteiger partial charge in [-0.2, -0.15) is 0 Å². The maximum atomic E-state index is 8.90. The molecule has 0 radical (unpaired) electrons. The van der Waals surface area contributed by atoms with Crippen LogP contribution in [-0.4, -0.2) is 21.1 Å². The average molecular weight is 193 g/mol. The van der Waals surface area contributed by atoms with Crippen molar-refractivity contribution in [2.24, 2.45) is 0 Å². The van der Waals surface area contributed by atoms with E-state index in [1.54, 1.807) is 6.08 Å². The molecule has 0 aromatic carbocycles. The molecule has 14 heavy (non-hydrogen) atoms. The van der Waals surface area contributed by atoms with Gasteiger partial charge < -0.3 is 10.4 Å². The fourth-order valence-electron chi connectivity index (χ4n) is 1.07. The van der Waals surface area contributed by atoms with E-state index in [2.05, 4.69) is 21.9 Å². The van der Waals surface area contributed by atoms with Crippen molar-refractivity contribution in [3.63, 3.8) is 0 Å². The molecule has 0 saturated heterocycles. The zero-order chi connectivity index (χ0) is 10.6. The first-order valence-corrected chi connectivity index (χ1v) is 4.50. The summed E-state index contributed by atoms with van der Waals surface area (Å²) in [5.74, 6) is 1.15. The Morgan fingerprint density at radius 3 is 2.93 bits per heavy atom. The Hall–Kier alpha value is -1.42. The minimum atomic E-state index is -0.140.